The maximum atomic E-state index is 14.1. The molecule has 0 aliphatic carbocycles. The van der Waals surface area contributed by atoms with Crippen molar-refractivity contribution in [3.05, 3.63) is 76.7 Å². The van der Waals surface area contributed by atoms with Gasteiger partial charge < -0.3 is 4.74 Å². The lowest BCUT2D eigenvalue weighted by molar-refractivity contribution is -0.156. The van der Waals surface area contributed by atoms with Gasteiger partial charge in [0.1, 0.15) is 35.0 Å². The highest BCUT2D eigenvalue weighted by Crippen LogP contribution is 2.37. The molecule has 0 N–H and O–H groups in total. The molecule has 4 rings (SSSR count). The highest BCUT2D eigenvalue weighted by atomic mass is 32.2. The zero-order chi connectivity index (χ0) is 26.9. The lowest BCUT2D eigenvalue weighted by Gasteiger charge is -2.25. The number of esters is 1. The minimum absolute atomic E-state index is 0.110. The predicted octanol–water partition coefficient (Wildman–Crippen LogP) is 7.04. The lowest BCUT2D eigenvalue weighted by Crippen LogP contribution is -2.29. The van der Waals surface area contributed by atoms with Crippen molar-refractivity contribution in [3.63, 3.8) is 0 Å². The number of fused-ring (bicyclic) bond motifs is 1. The van der Waals surface area contributed by atoms with Crippen LogP contribution < -0.4 is 0 Å². The molecular formula is C27H22F3N3O2S2. The van der Waals surface area contributed by atoms with Gasteiger partial charge in [-0.3, -0.25) is 4.79 Å². The number of halogens is 3. The van der Waals surface area contributed by atoms with Crippen molar-refractivity contribution in [3.8, 4) is 17.2 Å². The second kappa shape index (κ2) is 10.5. The fraction of sp³-hybridized carbons (Fsp3) is 0.259. The van der Waals surface area contributed by atoms with Crippen molar-refractivity contribution < 1.29 is 22.7 Å². The zero-order valence-corrected chi connectivity index (χ0v) is 22.1. The summed E-state index contributed by atoms with van der Waals surface area (Å²) in [5, 5.41) is 9.38. The molecule has 0 aliphatic rings. The van der Waals surface area contributed by atoms with Crippen LogP contribution in [-0.2, 0) is 16.0 Å². The molecule has 10 heteroatoms. The molecule has 2 aromatic carbocycles. The molecule has 0 radical (unpaired) electrons. The molecule has 0 fully saturated rings. The smallest absolute Gasteiger partial charge is 0.315 e. The lowest BCUT2D eigenvalue weighted by atomic mass is 9.89. The van der Waals surface area contributed by atoms with E-state index in [2.05, 4.69) is 4.98 Å². The van der Waals surface area contributed by atoms with Crippen molar-refractivity contribution in [1.29, 1.82) is 5.26 Å². The van der Waals surface area contributed by atoms with E-state index in [1.165, 1.54) is 41.3 Å². The Morgan fingerprint density at radius 1 is 1.11 bits per heavy atom. The first-order valence-corrected chi connectivity index (χ1v) is 13.2. The van der Waals surface area contributed by atoms with Crippen molar-refractivity contribution >= 4 is 39.4 Å². The number of rotatable bonds is 6. The first-order chi connectivity index (χ1) is 17.5. The van der Waals surface area contributed by atoms with Crippen LogP contribution in [0.5, 0.6) is 0 Å². The van der Waals surface area contributed by atoms with Crippen molar-refractivity contribution in [2.24, 2.45) is 0 Å². The molecule has 2 aromatic heterocycles. The van der Waals surface area contributed by atoms with Crippen LogP contribution >= 0.6 is 23.1 Å². The Balaban J connectivity index is 1.96. The third-order valence-corrected chi connectivity index (χ3v) is 7.33. The minimum Gasteiger partial charge on any atom is -0.459 e. The number of ether oxygens (including phenoxy) is 1. The third-order valence-electron chi connectivity index (χ3n) is 5.35. The molecule has 0 bridgehead atoms. The Hall–Kier alpha value is -3.42. The molecule has 2 heterocycles. The summed E-state index contributed by atoms with van der Waals surface area (Å²) in [7, 11) is 0. The van der Waals surface area contributed by atoms with Crippen LogP contribution in [0.1, 0.15) is 43.5 Å². The van der Waals surface area contributed by atoms with Crippen LogP contribution in [0.3, 0.4) is 0 Å². The number of hydrogen-bond donors (Lipinski definition) is 0. The zero-order valence-electron chi connectivity index (χ0n) is 20.4. The van der Waals surface area contributed by atoms with E-state index >= 15 is 0 Å². The van der Waals surface area contributed by atoms with Crippen LogP contribution in [0.2, 0.25) is 0 Å². The summed E-state index contributed by atoms with van der Waals surface area (Å²) in [5.74, 6) is -3.95. The molecular weight excluding hydrogens is 519 g/mol. The number of thiazole rings is 1. The number of nitrogens with zero attached hydrogens (tertiary/aromatic N) is 3. The average Bonchev–Trinajstić information content (AvgIpc) is 3.22. The van der Waals surface area contributed by atoms with E-state index in [0.29, 0.717) is 16.8 Å². The summed E-state index contributed by atoms with van der Waals surface area (Å²) in [4.78, 5) is 22.7. The standard InChI is InChI=1S/C27H22F3N3O2S2/c1-27(2,3)35-25(34)20(9-14-7-17(28)11-18(29)8-14)23-19(15-5-6-21(30)16(10-15)13-31)12-22-24(32-23)33-26(36-4)37-22/h5-8,10-12,20H,9H2,1-4H3. The van der Waals surface area contributed by atoms with Gasteiger partial charge in [-0.2, -0.15) is 5.26 Å². The highest BCUT2D eigenvalue weighted by molar-refractivity contribution is 8.00. The second-order valence-electron chi connectivity index (χ2n) is 9.30. The summed E-state index contributed by atoms with van der Waals surface area (Å²) in [6.07, 6.45) is 1.77. The maximum Gasteiger partial charge on any atom is 0.315 e. The summed E-state index contributed by atoms with van der Waals surface area (Å²) in [6.45, 7) is 5.14. The van der Waals surface area contributed by atoms with Gasteiger partial charge in [-0.25, -0.2) is 23.1 Å². The summed E-state index contributed by atoms with van der Waals surface area (Å²) < 4.78 is 49.3. The van der Waals surface area contributed by atoms with Gasteiger partial charge in [0.25, 0.3) is 0 Å². The summed E-state index contributed by atoms with van der Waals surface area (Å²) in [5.41, 5.74) is 0.798. The number of thioether (sulfide) groups is 1. The van der Waals surface area contributed by atoms with Crippen LogP contribution in [0, 0.1) is 28.8 Å². The SMILES string of the molecule is CSc1nc2nc(C(Cc3cc(F)cc(F)c3)C(=O)OC(C)(C)C)c(-c3ccc(F)c(C#N)c3)cc2s1. The quantitative estimate of drug-likeness (QED) is 0.193. The van der Waals surface area contributed by atoms with Crippen LogP contribution in [0.15, 0.2) is 46.8 Å². The molecule has 0 spiro atoms. The molecule has 0 saturated heterocycles. The van der Waals surface area contributed by atoms with E-state index in [9.17, 15) is 23.2 Å². The van der Waals surface area contributed by atoms with Crippen molar-refractivity contribution in [1.82, 2.24) is 9.97 Å². The Kier molecular flexibility index (Phi) is 7.57. The molecule has 0 amide bonds. The van der Waals surface area contributed by atoms with E-state index in [1.807, 2.05) is 12.3 Å². The van der Waals surface area contributed by atoms with Crippen molar-refractivity contribution in [2.45, 2.75) is 43.1 Å². The number of benzene rings is 2. The Labute approximate surface area is 220 Å². The molecule has 1 unspecified atom stereocenters. The monoisotopic (exact) mass is 541 g/mol. The fourth-order valence-corrected chi connectivity index (χ4v) is 5.31. The Morgan fingerprint density at radius 3 is 2.43 bits per heavy atom. The maximum absolute atomic E-state index is 14.1. The molecule has 0 saturated carbocycles. The van der Waals surface area contributed by atoms with E-state index in [0.717, 1.165) is 27.2 Å². The van der Waals surface area contributed by atoms with E-state index in [1.54, 1.807) is 26.8 Å². The number of nitriles is 1. The first kappa shape index (κ1) is 26.6. The fourth-order valence-electron chi connectivity index (χ4n) is 3.85. The Bertz CT molecular complexity index is 1520. The van der Waals surface area contributed by atoms with E-state index < -0.39 is 34.9 Å². The van der Waals surface area contributed by atoms with Gasteiger partial charge in [0.15, 0.2) is 9.99 Å². The van der Waals surface area contributed by atoms with Gasteiger partial charge in [0.05, 0.1) is 16.0 Å². The van der Waals surface area contributed by atoms with E-state index in [-0.39, 0.29) is 23.2 Å². The summed E-state index contributed by atoms with van der Waals surface area (Å²) >= 11 is 2.84. The van der Waals surface area contributed by atoms with Crippen LogP contribution in [-0.4, -0.2) is 27.8 Å². The van der Waals surface area contributed by atoms with Gasteiger partial charge in [0.2, 0.25) is 0 Å². The van der Waals surface area contributed by atoms with Gasteiger partial charge >= 0.3 is 5.97 Å². The average molecular weight is 542 g/mol. The molecule has 190 valence electrons. The first-order valence-electron chi connectivity index (χ1n) is 11.2. The van der Waals surface area contributed by atoms with Gasteiger partial charge in [0, 0.05) is 11.6 Å². The molecule has 37 heavy (non-hydrogen) atoms. The normalized spacial score (nSPS) is 12.4. The molecule has 1 atom stereocenters. The van der Waals surface area contributed by atoms with Crippen molar-refractivity contribution in [2.75, 3.05) is 6.26 Å². The highest BCUT2D eigenvalue weighted by Gasteiger charge is 2.32. The van der Waals surface area contributed by atoms with Crippen LogP contribution in [0.4, 0.5) is 13.2 Å². The second-order valence-corrected chi connectivity index (χ2v) is 11.4. The summed E-state index contributed by atoms with van der Waals surface area (Å²) in [6, 6.07) is 10.7. The predicted molar refractivity (Wildman–Crippen MR) is 138 cm³/mol. The number of hydrogen-bond acceptors (Lipinski definition) is 7. The van der Waals surface area contributed by atoms with Crippen LogP contribution in [0.25, 0.3) is 21.5 Å². The number of aromatic nitrogens is 2. The van der Waals surface area contributed by atoms with Gasteiger partial charge in [-0.15, -0.1) is 11.3 Å². The third kappa shape index (κ3) is 6.12. The topological polar surface area (TPSA) is 75.9 Å². The Morgan fingerprint density at radius 2 is 1.81 bits per heavy atom. The van der Waals surface area contributed by atoms with E-state index in [4.69, 9.17) is 9.72 Å². The molecule has 4 aromatic rings. The molecule has 5 nitrogen and oxygen atoms in total. The largest absolute Gasteiger partial charge is 0.459 e. The number of carbonyl (C=O) groups is 1. The molecule has 0 aliphatic heterocycles. The number of carbonyl (C=O) groups excluding carboxylic acids is 1. The van der Waals surface area contributed by atoms with Gasteiger partial charge in [-0.1, -0.05) is 17.8 Å². The number of pyridine rings is 1. The minimum atomic E-state index is -1.07. The van der Waals surface area contributed by atoms with Gasteiger partial charge in [-0.05, 0) is 74.9 Å².